The van der Waals surface area contributed by atoms with Crippen molar-refractivity contribution in [2.75, 3.05) is 0 Å². The van der Waals surface area contributed by atoms with E-state index in [0.717, 1.165) is 121 Å². The van der Waals surface area contributed by atoms with E-state index in [4.69, 9.17) is 9.31 Å². The minimum absolute atomic E-state index is 0.326. The number of rotatable bonds is 4. The number of nitrogens with zero attached hydrogens (tertiary/aromatic N) is 8. The molecule has 0 saturated carbocycles. The summed E-state index contributed by atoms with van der Waals surface area (Å²) in [6.45, 7) is 20.3. The summed E-state index contributed by atoms with van der Waals surface area (Å²) in [4.78, 5) is 36.1. The van der Waals surface area contributed by atoms with Crippen LogP contribution in [0, 0.1) is 41.5 Å². The number of hydrogen-bond donors (Lipinski definition) is 0. The summed E-state index contributed by atoms with van der Waals surface area (Å²) in [5.41, 5.74) is 14.9. The first-order chi connectivity index (χ1) is 32.6. The highest BCUT2D eigenvalue weighted by Crippen LogP contribution is 2.37. The molecule has 10 aromatic rings. The van der Waals surface area contributed by atoms with Crippen molar-refractivity contribution in [1.82, 2.24) is 39.9 Å². The van der Waals surface area contributed by atoms with Crippen LogP contribution in [0.5, 0.6) is 0 Å². The van der Waals surface area contributed by atoms with Gasteiger partial charge in [-0.15, -0.1) is 0 Å². The second-order valence-electron chi connectivity index (χ2n) is 18.2. The standard InChI is InChI=1S/C25H20N4.C19H25BN2O2.C12H7BrN2/c1-15-16(2)28-17(3)29-23(15)19-10-8-18(9-11-19)22-14-20-6-4-12-26-24(20)25-21(22)7-5-13-27-25;1-12-13(2)21-14(3)22-17(12)15-8-10-16(11-9-15)20-23-18(4,5)19(6,7)24-20;13-10-7-8-3-1-5-14-11(8)12-9(10)4-2-6-15-12/h4-14H,1-3H3;8-11H,1-7H3;1-7H. The molecule has 0 unspecified atom stereocenters. The van der Waals surface area contributed by atoms with Crippen molar-refractivity contribution in [3.8, 4) is 33.6 Å². The Morgan fingerprint density at radius 1 is 0.456 bits per heavy atom. The van der Waals surface area contributed by atoms with Crippen molar-refractivity contribution in [1.29, 1.82) is 0 Å². The topological polar surface area (TPSA) is 122 Å². The monoisotopic (exact) mass is 958 g/mol. The fourth-order valence-electron chi connectivity index (χ4n) is 8.43. The number of pyridine rings is 4. The van der Waals surface area contributed by atoms with Gasteiger partial charge in [0.1, 0.15) is 11.6 Å². The minimum atomic E-state index is -0.334. The fraction of sp³-hybridized carbons (Fsp3) is 0.214. The summed E-state index contributed by atoms with van der Waals surface area (Å²) < 4.78 is 13.3. The lowest BCUT2D eigenvalue weighted by Gasteiger charge is -2.32. The van der Waals surface area contributed by atoms with Crippen LogP contribution in [0.1, 0.15) is 61.9 Å². The Bertz CT molecular complexity index is 3500. The third-order valence-electron chi connectivity index (χ3n) is 13.1. The average Bonchev–Trinajstić information content (AvgIpc) is 3.57. The smallest absolute Gasteiger partial charge is 0.399 e. The van der Waals surface area contributed by atoms with Crippen LogP contribution in [0.15, 0.2) is 138 Å². The minimum Gasteiger partial charge on any atom is -0.399 e. The van der Waals surface area contributed by atoms with Crippen molar-refractivity contribution < 1.29 is 9.31 Å². The average molecular weight is 960 g/mol. The number of aryl methyl sites for hydroxylation is 4. The second-order valence-corrected chi connectivity index (χ2v) is 19.0. The van der Waals surface area contributed by atoms with E-state index in [-0.39, 0.29) is 18.3 Å². The molecular weight excluding hydrogens is 907 g/mol. The van der Waals surface area contributed by atoms with Gasteiger partial charge in [-0.05, 0) is 133 Å². The Balaban J connectivity index is 0.000000134. The molecule has 0 N–H and O–H groups in total. The largest absolute Gasteiger partial charge is 0.494 e. The van der Waals surface area contributed by atoms with Crippen LogP contribution in [0.3, 0.4) is 0 Å². The van der Waals surface area contributed by atoms with Gasteiger partial charge in [0.15, 0.2) is 0 Å². The third kappa shape index (κ3) is 9.11. The highest BCUT2D eigenvalue weighted by molar-refractivity contribution is 9.10. The van der Waals surface area contributed by atoms with Crippen LogP contribution in [0.25, 0.3) is 77.3 Å². The number of hydrogen-bond acceptors (Lipinski definition) is 10. The van der Waals surface area contributed by atoms with E-state index in [0.29, 0.717) is 0 Å². The number of aromatic nitrogens is 8. The Morgan fingerprint density at radius 2 is 0.868 bits per heavy atom. The van der Waals surface area contributed by atoms with E-state index in [9.17, 15) is 0 Å². The molecule has 4 aromatic carbocycles. The zero-order valence-electron chi connectivity index (χ0n) is 40.1. The summed E-state index contributed by atoms with van der Waals surface area (Å²) in [6.07, 6.45) is 7.23. The van der Waals surface area contributed by atoms with Crippen LogP contribution in [0.4, 0.5) is 0 Å². The van der Waals surface area contributed by atoms with Crippen molar-refractivity contribution in [3.63, 3.8) is 0 Å². The summed E-state index contributed by atoms with van der Waals surface area (Å²) >= 11 is 3.55. The molecule has 12 heteroatoms. The van der Waals surface area contributed by atoms with Crippen LogP contribution < -0.4 is 5.46 Å². The quantitative estimate of drug-likeness (QED) is 0.124. The fourth-order valence-corrected chi connectivity index (χ4v) is 9.00. The summed E-state index contributed by atoms with van der Waals surface area (Å²) in [7, 11) is -0.334. The highest BCUT2D eigenvalue weighted by Gasteiger charge is 2.51. The molecule has 7 heterocycles. The predicted octanol–water partition coefficient (Wildman–Crippen LogP) is 12.7. The zero-order chi connectivity index (χ0) is 47.9. The SMILES string of the molecule is Brc1cc2cccnc2c2ncccc12.Cc1nc(C)c(C)c(-c2ccc(-c3cc4cccnc4c4ncccc34)cc2)n1.Cc1nc(C)c(C)c(-c2ccc(B3OC(C)(C)C(C)(C)O3)cc2)n1. The van der Waals surface area contributed by atoms with Gasteiger partial charge in [-0.2, -0.15) is 0 Å². The first kappa shape index (κ1) is 46.3. The molecule has 0 amide bonds. The van der Waals surface area contributed by atoms with Gasteiger partial charge < -0.3 is 9.31 Å². The lowest BCUT2D eigenvalue weighted by molar-refractivity contribution is 0.00578. The maximum Gasteiger partial charge on any atom is 0.494 e. The first-order valence-electron chi connectivity index (χ1n) is 22.7. The van der Waals surface area contributed by atoms with E-state index in [1.165, 1.54) is 0 Å². The van der Waals surface area contributed by atoms with Gasteiger partial charge in [0.25, 0.3) is 0 Å². The van der Waals surface area contributed by atoms with E-state index in [1.807, 2.05) is 76.5 Å². The van der Waals surface area contributed by atoms with Gasteiger partial charge in [-0.25, -0.2) is 19.9 Å². The molecular formula is C56H52BBrN8O2. The van der Waals surface area contributed by atoms with Crippen LogP contribution in [-0.2, 0) is 9.31 Å². The molecule has 0 aliphatic carbocycles. The third-order valence-corrected chi connectivity index (χ3v) is 13.7. The predicted molar refractivity (Wildman–Crippen MR) is 280 cm³/mol. The molecule has 11 rings (SSSR count). The van der Waals surface area contributed by atoms with Crippen molar-refractivity contribution >= 4 is 72.1 Å². The Labute approximate surface area is 406 Å². The van der Waals surface area contributed by atoms with Gasteiger partial charge in [0, 0.05) is 73.3 Å². The molecule has 1 aliphatic heterocycles. The molecule has 338 valence electrons. The Hall–Kier alpha value is -6.86. The number of halogens is 1. The van der Waals surface area contributed by atoms with Gasteiger partial charge in [0.05, 0.1) is 44.7 Å². The molecule has 0 radical (unpaired) electrons. The lowest BCUT2D eigenvalue weighted by Crippen LogP contribution is -2.41. The Kier molecular flexibility index (Phi) is 12.7. The summed E-state index contributed by atoms with van der Waals surface area (Å²) in [5, 5.41) is 4.41. The molecule has 1 fully saturated rings. The van der Waals surface area contributed by atoms with E-state index < -0.39 is 0 Å². The molecule has 0 bridgehead atoms. The van der Waals surface area contributed by atoms with Crippen molar-refractivity contribution in [2.45, 2.75) is 80.4 Å². The van der Waals surface area contributed by atoms with Crippen LogP contribution in [-0.4, -0.2) is 58.2 Å². The summed E-state index contributed by atoms with van der Waals surface area (Å²) in [6, 6.07) is 37.2. The van der Waals surface area contributed by atoms with E-state index in [1.54, 1.807) is 12.4 Å². The van der Waals surface area contributed by atoms with Crippen molar-refractivity contribution in [2.24, 2.45) is 0 Å². The van der Waals surface area contributed by atoms with Crippen molar-refractivity contribution in [3.05, 3.63) is 173 Å². The van der Waals surface area contributed by atoms with Gasteiger partial charge in [0.2, 0.25) is 0 Å². The summed E-state index contributed by atoms with van der Waals surface area (Å²) in [5.74, 6) is 1.59. The van der Waals surface area contributed by atoms with E-state index in [2.05, 4.69) is 170 Å². The highest BCUT2D eigenvalue weighted by atomic mass is 79.9. The lowest BCUT2D eigenvalue weighted by atomic mass is 9.78. The van der Waals surface area contributed by atoms with Gasteiger partial charge in [-0.3, -0.25) is 19.9 Å². The maximum absolute atomic E-state index is 6.11. The molecule has 1 aliphatic rings. The number of benzene rings is 4. The van der Waals surface area contributed by atoms with Gasteiger partial charge in [-0.1, -0.05) is 88.7 Å². The molecule has 0 spiro atoms. The Morgan fingerprint density at radius 3 is 1.38 bits per heavy atom. The molecule has 6 aromatic heterocycles. The maximum atomic E-state index is 6.11. The number of fused-ring (bicyclic) bond motifs is 6. The van der Waals surface area contributed by atoms with Gasteiger partial charge >= 0.3 is 7.12 Å². The zero-order valence-corrected chi connectivity index (χ0v) is 41.6. The second kappa shape index (κ2) is 18.7. The van der Waals surface area contributed by atoms with Crippen LogP contribution >= 0.6 is 15.9 Å². The normalized spacial score (nSPS) is 13.9. The molecule has 68 heavy (non-hydrogen) atoms. The van der Waals surface area contributed by atoms with E-state index >= 15 is 0 Å². The molecule has 1 saturated heterocycles. The first-order valence-corrected chi connectivity index (χ1v) is 23.5. The van der Waals surface area contributed by atoms with Crippen LogP contribution in [0.2, 0.25) is 0 Å². The molecule has 0 atom stereocenters. The molecule has 10 nitrogen and oxygen atoms in total.